The van der Waals surface area contributed by atoms with Gasteiger partial charge in [-0.1, -0.05) is 29.8 Å². The summed E-state index contributed by atoms with van der Waals surface area (Å²) in [6, 6.07) is 16.4. The average molecular weight is 424 g/mol. The lowest BCUT2D eigenvalue weighted by atomic mass is 10.3. The van der Waals surface area contributed by atoms with E-state index in [0.29, 0.717) is 27.5 Å². The number of halogens is 1. The van der Waals surface area contributed by atoms with Gasteiger partial charge in [0.2, 0.25) is 5.91 Å². The van der Waals surface area contributed by atoms with Crippen LogP contribution in [0.15, 0.2) is 71.4 Å². The minimum absolute atomic E-state index is 0.107. The maximum Gasteiger partial charge on any atom is 0.250 e. The largest absolute Gasteiger partial charge is 0.465 e. The quantitative estimate of drug-likeness (QED) is 0.378. The summed E-state index contributed by atoms with van der Waals surface area (Å²) in [6.07, 6.45) is 4.39. The first-order valence-electron chi connectivity index (χ1n) is 8.54. The highest BCUT2D eigenvalue weighted by molar-refractivity contribution is 7.80. The first-order chi connectivity index (χ1) is 14.1. The maximum atomic E-state index is 12.0. The molecule has 2 heterocycles. The molecule has 0 atom stereocenters. The van der Waals surface area contributed by atoms with E-state index in [9.17, 15) is 4.79 Å². The van der Waals surface area contributed by atoms with Gasteiger partial charge >= 0.3 is 0 Å². The van der Waals surface area contributed by atoms with Crippen molar-refractivity contribution in [2.75, 3.05) is 5.32 Å². The van der Waals surface area contributed by atoms with Crippen LogP contribution in [0.25, 0.3) is 22.8 Å². The SMILES string of the molecule is O=C(C=Cc1ccco1)NC(=S)Nc1cc2nn(-c3ccccc3)nc2cc1Cl. The molecular formula is C20H14ClN5O2S. The standard InChI is InChI=1S/C20H14ClN5O2S/c21-15-11-17-18(25-26(24-17)13-5-2-1-3-6-13)12-16(15)22-20(29)23-19(27)9-8-14-7-4-10-28-14/h1-12H,(H2,22,23,27,29). The molecule has 4 rings (SSSR count). The fourth-order valence-corrected chi connectivity index (χ4v) is 2.98. The summed E-state index contributed by atoms with van der Waals surface area (Å²) in [5, 5.41) is 14.9. The molecule has 0 saturated carbocycles. The molecule has 0 aliphatic heterocycles. The lowest BCUT2D eigenvalue weighted by Crippen LogP contribution is -2.32. The van der Waals surface area contributed by atoms with Crippen molar-refractivity contribution >= 4 is 57.6 Å². The van der Waals surface area contributed by atoms with Crippen LogP contribution >= 0.6 is 23.8 Å². The van der Waals surface area contributed by atoms with Crippen LogP contribution in [-0.4, -0.2) is 26.0 Å². The van der Waals surface area contributed by atoms with Gasteiger partial charge < -0.3 is 9.73 Å². The molecule has 0 spiro atoms. The second-order valence-corrected chi connectivity index (χ2v) is 6.75. The molecule has 0 radical (unpaired) electrons. The minimum Gasteiger partial charge on any atom is -0.465 e. The summed E-state index contributed by atoms with van der Waals surface area (Å²) in [7, 11) is 0. The van der Waals surface area contributed by atoms with Crippen LogP contribution in [0.2, 0.25) is 5.02 Å². The normalized spacial score (nSPS) is 11.1. The monoisotopic (exact) mass is 423 g/mol. The second-order valence-electron chi connectivity index (χ2n) is 5.94. The van der Waals surface area contributed by atoms with Crippen LogP contribution in [-0.2, 0) is 4.79 Å². The van der Waals surface area contributed by atoms with Gasteiger partial charge in [-0.05, 0) is 54.7 Å². The molecule has 0 aliphatic carbocycles. The predicted octanol–water partition coefficient (Wildman–Crippen LogP) is 4.19. The number of carbonyl (C=O) groups excluding carboxylic acids is 1. The summed E-state index contributed by atoms with van der Waals surface area (Å²) in [5.74, 6) is 0.167. The maximum absolute atomic E-state index is 12.0. The second kappa shape index (κ2) is 8.26. The van der Waals surface area contributed by atoms with E-state index in [2.05, 4.69) is 20.8 Å². The van der Waals surface area contributed by atoms with Crippen molar-refractivity contribution in [3.63, 3.8) is 0 Å². The lowest BCUT2D eigenvalue weighted by Gasteiger charge is -2.09. The Hall–Kier alpha value is -3.49. The van der Waals surface area contributed by atoms with Crippen LogP contribution in [0.1, 0.15) is 5.76 Å². The van der Waals surface area contributed by atoms with Crippen molar-refractivity contribution in [3.8, 4) is 5.69 Å². The summed E-state index contributed by atoms with van der Waals surface area (Å²) >= 11 is 11.5. The number of nitrogens with zero attached hydrogens (tertiary/aromatic N) is 3. The highest BCUT2D eigenvalue weighted by atomic mass is 35.5. The lowest BCUT2D eigenvalue weighted by molar-refractivity contribution is -0.115. The van der Waals surface area contributed by atoms with Gasteiger partial charge in [-0.3, -0.25) is 10.1 Å². The van der Waals surface area contributed by atoms with E-state index in [1.54, 1.807) is 30.3 Å². The third-order valence-corrected chi connectivity index (χ3v) is 4.40. The molecule has 144 valence electrons. The summed E-state index contributed by atoms with van der Waals surface area (Å²) in [4.78, 5) is 13.5. The molecule has 0 unspecified atom stereocenters. The molecule has 2 aromatic carbocycles. The molecule has 0 fully saturated rings. The van der Waals surface area contributed by atoms with E-state index >= 15 is 0 Å². The van der Waals surface area contributed by atoms with E-state index in [0.717, 1.165) is 5.69 Å². The van der Waals surface area contributed by atoms with Gasteiger partial charge in [-0.15, -0.1) is 10.2 Å². The van der Waals surface area contributed by atoms with Gasteiger partial charge in [0, 0.05) is 6.08 Å². The molecule has 1 amide bonds. The number of para-hydroxylation sites is 1. The fourth-order valence-electron chi connectivity index (χ4n) is 2.56. The molecule has 7 nitrogen and oxygen atoms in total. The zero-order valence-electron chi connectivity index (χ0n) is 14.9. The predicted molar refractivity (Wildman–Crippen MR) is 116 cm³/mol. The first kappa shape index (κ1) is 18.9. The molecule has 0 aliphatic rings. The Morgan fingerprint density at radius 3 is 2.59 bits per heavy atom. The van der Waals surface area contributed by atoms with Gasteiger partial charge in [0.05, 0.1) is 22.7 Å². The number of aromatic nitrogens is 3. The zero-order chi connectivity index (χ0) is 20.2. The minimum atomic E-state index is -0.397. The van der Waals surface area contributed by atoms with Crippen molar-refractivity contribution in [1.29, 1.82) is 0 Å². The molecule has 0 bridgehead atoms. The smallest absolute Gasteiger partial charge is 0.250 e. The first-order valence-corrected chi connectivity index (χ1v) is 9.33. The van der Waals surface area contributed by atoms with Crippen LogP contribution < -0.4 is 10.6 Å². The summed E-state index contributed by atoms with van der Waals surface area (Å²) in [5.41, 5.74) is 2.62. The Labute approximate surface area is 176 Å². The molecule has 9 heteroatoms. The number of benzene rings is 2. The third-order valence-electron chi connectivity index (χ3n) is 3.88. The Morgan fingerprint density at radius 1 is 1.10 bits per heavy atom. The van der Waals surface area contributed by atoms with Gasteiger partial charge in [0.15, 0.2) is 5.11 Å². The Kier molecular flexibility index (Phi) is 5.37. The van der Waals surface area contributed by atoms with Crippen LogP contribution in [0.3, 0.4) is 0 Å². The number of carbonyl (C=O) groups is 1. The molecule has 2 N–H and O–H groups in total. The number of anilines is 1. The van der Waals surface area contributed by atoms with Gasteiger partial charge in [-0.2, -0.15) is 4.80 Å². The van der Waals surface area contributed by atoms with Crippen LogP contribution in [0.4, 0.5) is 5.69 Å². The molecular weight excluding hydrogens is 410 g/mol. The highest BCUT2D eigenvalue weighted by Crippen LogP contribution is 2.27. The summed E-state index contributed by atoms with van der Waals surface area (Å²) in [6.45, 7) is 0. The molecule has 2 aromatic heterocycles. The Balaban J connectivity index is 1.48. The number of amides is 1. The summed E-state index contributed by atoms with van der Waals surface area (Å²) < 4.78 is 5.13. The highest BCUT2D eigenvalue weighted by Gasteiger charge is 2.11. The number of hydrogen-bond acceptors (Lipinski definition) is 5. The third kappa shape index (κ3) is 4.50. The topological polar surface area (TPSA) is 85.0 Å². The molecule has 4 aromatic rings. The Morgan fingerprint density at radius 2 is 1.86 bits per heavy atom. The van der Waals surface area contributed by atoms with Crippen molar-refractivity contribution in [2.45, 2.75) is 0 Å². The van der Waals surface area contributed by atoms with Crippen molar-refractivity contribution < 1.29 is 9.21 Å². The average Bonchev–Trinajstić information content (AvgIpc) is 3.37. The number of rotatable bonds is 4. The van der Waals surface area contributed by atoms with Crippen molar-refractivity contribution in [3.05, 3.63) is 77.7 Å². The van der Waals surface area contributed by atoms with Gasteiger partial charge in [0.1, 0.15) is 16.8 Å². The zero-order valence-corrected chi connectivity index (χ0v) is 16.4. The number of furan rings is 1. The van der Waals surface area contributed by atoms with Gasteiger partial charge in [0.25, 0.3) is 0 Å². The van der Waals surface area contributed by atoms with Crippen molar-refractivity contribution in [1.82, 2.24) is 20.3 Å². The van der Waals surface area contributed by atoms with E-state index < -0.39 is 5.91 Å². The van der Waals surface area contributed by atoms with E-state index in [-0.39, 0.29) is 5.11 Å². The number of hydrogen-bond donors (Lipinski definition) is 2. The van der Waals surface area contributed by atoms with Crippen molar-refractivity contribution in [2.24, 2.45) is 0 Å². The van der Waals surface area contributed by atoms with Gasteiger partial charge in [-0.25, -0.2) is 0 Å². The number of fused-ring (bicyclic) bond motifs is 1. The Bertz CT molecular complexity index is 1200. The number of nitrogens with one attached hydrogen (secondary N) is 2. The molecule has 29 heavy (non-hydrogen) atoms. The number of thiocarbonyl (C=S) groups is 1. The van der Waals surface area contributed by atoms with E-state index in [4.69, 9.17) is 28.2 Å². The van der Waals surface area contributed by atoms with Crippen LogP contribution in [0, 0.1) is 0 Å². The fraction of sp³-hybridized carbons (Fsp3) is 0. The molecule has 0 saturated heterocycles. The van der Waals surface area contributed by atoms with E-state index in [1.165, 1.54) is 17.1 Å². The van der Waals surface area contributed by atoms with E-state index in [1.807, 2.05) is 30.3 Å². The van der Waals surface area contributed by atoms with Crippen LogP contribution in [0.5, 0.6) is 0 Å².